The molecule has 3 nitrogen and oxygen atoms in total. The van der Waals surface area contributed by atoms with Crippen molar-refractivity contribution in [2.45, 2.75) is 6.92 Å². The van der Waals surface area contributed by atoms with Crippen molar-refractivity contribution < 1.29 is 4.79 Å². The average molecular weight is 374 g/mol. The van der Waals surface area contributed by atoms with Crippen molar-refractivity contribution in [1.29, 1.82) is 0 Å². The molecule has 0 radical (unpaired) electrons. The number of amides is 1. The van der Waals surface area contributed by atoms with E-state index >= 15 is 0 Å². The summed E-state index contributed by atoms with van der Waals surface area (Å²) in [6.07, 6.45) is 0. The minimum absolute atomic E-state index is 0.251. The summed E-state index contributed by atoms with van der Waals surface area (Å²) in [4.78, 5) is 12.2. The molecule has 104 valence electrons. The Morgan fingerprint density at radius 3 is 2.50 bits per heavy atom. The lowest BCUT2D eigenvalue weighted by Gasteiger charge is -2.09. The number of halogens is 3. The molecule has 0 aromatic heterocycles. The summed E-state index contributed by atoms with van der Waals surface area (Å²) in [6, 6.07) is 8.61. The molecule has 2 aromatic carbocycles. The molecule has 3 N–H and O–H groups in total. The number of rotatable bonds is 2. The fraction of sp³-hybridized carbons (Fsp3) is 0.0714. The van der Waals surface area contributed by atoms with Crippen LogP contribution in [0.25, 0.3) is 0 Å². The first-order valence-electron chi connectivity index (χ1n) is 5.70. The van der Waals surface area contributed by atoms with E-state index in [-0.39, 0.29) is 21.6 Å². The number of nitrogen functional groups attached to an aromatic ring is 1. The highest BCUT2D eigenvalue weighted by molar-refractivity contribution is 9.10. The Morgan fingerprint density at radius 2 is 1.90 bits per heavy atom. The molecule has 0 bridgehead atoms. The highest BCUT2D eigenvalue weighted by atomic mass is 79.9. The van der Waals surface area contributed by atoms with Crippen molar-refractivity contribution in [1.82, 2.24) is 0 Å². The van der Waals surface area contributed by atoms with Crippen LogP contribution in [-0.4, -0.2) is 5.91 Å². The second kappa shape index (κ2) is 6.04. The van der Waals surface area contributed by atoms with Crippen LogP contribution in [0.15, 0.2) is 34.8 Å². The number of benzene rings is 2. The second-order valence-electron chi connectivity index (χ2n) is 4.33. The van der Waals surface area contributed by atoms with Gasteiger partial charge in [-0.2, -0.15) is 0 Å². The molecule has 2 rings (SSSR count). The van der Waals surface area contributed by atoms with E-state index in [0.29, 0.717) is 11.3 Å². The first-order valence-corrected chi connectivity index (χ1v) is 7.25. The summed E-state index contributed by atoms with van der Waals surface area (Å²) in [5.74, 6) is -0.298. The Morgan fingerprint density at radius 1 is 1.20 bits per heavy atom. The maximum Gasteiger partial charge on any atom is 0.255 e. The summed E-state index contributed by atoms with van der Waals surface area (Å²) in [6.45, 7) is 1.94. The van der Waals surface area contributed by atoms with Gasteiger partial charge in [0.15, 0.2) is 0 Å². The van der Waals surface area contributed by atoms with Gasteiger partial charge in [-0.25, -0.2) is 0 Å². The largest absolute Gasteiger partial charge is 0.397 e. The van der Waals surface area contributed by atoms with Crippen LogP contribution in [0, 0.1) is 6.92 Å². The number of hydrogen-bond acceptors (Lipinski definition) is 2. The Bertz CT molecular complexity index is 646. The van der Waals surface area contributed by atoms with Crippen molar-refractivity contribution in [3.8, 4) is 0 Å². The van der Waals surface area contributed by atoms with E-state index in [1.54, 1.807) is 0 Å². The van der Waals surface area contributed by atoms with Gasteiger partial charge < -0.3 is 11.1 Å². The quantitative estimate of drug-likeness (QED) is 0.735. The minimum Gasteiger partial charge on any atom is -0.397 e. The molecule has 1 amide bonds. The van der Waals surface area contributed by atoms with E-state index in [1.807, 2.05) is 25.1 Å². The fourth-order valence-corrected chi connectivity index (χ4v) is 2.70. The molecule has 0 saturated heterocycles. The topological polar surface area (TPSA) is 55.1 Å². The number of carbonyl (C=O) groups is 1. The predicted octanol–water partition coefficient (Wildman–Crippen LogP) is 4.90. The van der Waals surface area contributed by atoms with E-state index in [2.05, 4.69) is 21.2 Å². The van der Waals surface area contributed by atoms with E-state index in [9.17, 15) is 4.79 Å². The Balaban J connectivity index is 2.28. The fourth-order valence-electron chi connectivity index (χ4n) is 1.75. The molecule has 6 heteroatoms. The second-order valence-corrected chi connectivity index (χ2v) is 6.03. The lowest BCUT2D eigenvalue weighted by atomic mass is 10.1. The first-order chi connectivity index (χ1) is 9.36. The number of aryl methyl sites for hydroxylation is 1. The van der Waals surface area contributed by atoms with Crippen LogP contribution < -0.4 is 11.1 Å². The molecule has 0 unspecified atom stereocenters. The average Bonchev–Trinajstić information content (AvgIpc) is 2.33. The van der Waals surface area contributed by atoms with Crippen LogP contribution in [-0.2, 0) is 0 Å². The van der Waals surface area contributed by atoms with Gasteiger partial charge in [0.05, 0.1) is 15.7 Å². The molecule has 0 atom stereocenters. The predicted molar refractivity (Wildman–Crippen MR) is 87.7 cm³/mol. The van der Waals surface area contributed by atoms with E-state index in [1.165, 1.54) is 12.1 Å². The summed E-state index contributed by atoms with van der Waals surface area (Å²) >= 11 is 15.2. The lowest BCUT2D eigenvalue weighted by Crippen LogP contribution is -2.12. The zero-order valence-corrected chi connectivity index (χ0v) is 13.6. The van der Waals surface area contributed by atoms with Crippen molar-refractivity contribution in [2.24, 2.45) is 0 Å². The highest BCUT2D eigenvalue weighted by Crippen LogP contribution is 2.30. The van der Waals surface area contributed by atoms with Crippen molar-refractivity contribution in [3.05, 3.63) is 56.0 Å². The highest BCUT2D eigenvalue weighted by Gasteiger charge is 2.12. The number of nitrogens with one attached hydrogen (secondary N) is 1. The molecular formula is C14H11BrCl2N2O. The smallest absolute Gasteiger partial charge is 0.255 e. The van der Waals surface area contributed by atoms with Gasteiger partial charge >= 0.3 is 0 Å². The molecule has 0 aliphatic rings. The van der Waals surface area contributed by atoms with Gasteiger partial charge in [-0.05, 0) is 42.8 Å². The van der Waals surface area contributed by atoms with Gasteiger partial charge in [-0.15, -0.1) is 0 Å². The number of anilines is 2. The van der Waals surface area contributed by atoms with Crippen molar-refractivity contribution >= 4 is 56.4 Å². The monoisotopic (exact) mass is 372 g/mol. The third-order valence-corrected chi connectivity index (χ3v) is 3.89. The molecule has 0 saturated carbocycles. The summed E-state index contributed by atoms with van der Waals surface area (Å²) in [5, 5.41) is 3.29. The van der Waals surface area contributed by atoms with Crippen molar-refractivity contribution in [3.63, 3.8) is 0 Å². The van der Waals surface area contributed by atoms with Gasteiger partial charge in [0.2, 0.25) is 0 Å². The number of hydrogen-bond donors (Lipinski definition) is 2. The van der Waals surface area contributed by atoms with Crippen LogP contribution in [0.4, 0.5) is 11.4 Å². The Hall–Kier alpha value is -1.23. The zero-order chi connectivity index (χ0) is 14.9. The molecule has 2 aromatic rings. The molecule has 0 fully saturated rings. The summed E-state index contributed by atoms with van der Waals surface area (Å²) in [7, 11) is 0. The van der Waals surface area contributed by atoms with Crippen LogP contribution in [0.3, 0.4) is 0 Å². The Labute approximate surface area is 135 Å². The minimum atomic E-state index is -0.298. The number of nitrogens with two attached hydrogens (primary N) is 1. The van der Waals surface area contributed by atoms with Gasteiger partial charge in [-0.3, -0.25) is 4.79 Å². The molecular weight excluding hydrogens is 363 g/mol. The standard InChI is InChI=1S/C14H11BrCl2N2O/c1-7-2-9(15)6-10(3-7)19-14(20)8-4-11(16)13(17)12(18)5-8/h2-6H,18H2,1H3,(H,19,20). The number of carbonyl (C=O) groups excluding carboxylic acids is 1. The molecule has 0 aliphatic heterocycles. The first kappa shape index (κ1) is 15.2. The molecule has 0 spiro atoms. The van der Waals surface area contributed by atoms with Crippen LogP contribution in [0.2, 0.25) is 10.0 Å². The Kier molecular flexibility index (Phi) is 4.58. The third-order valence-electron chi connectivity index (χ3n) is 2.62. The maximum absolute atomic E-state index is 12.2. The van der Waals surface area contributed by atoms with Gasteiger partial charge in [-0.1, -0.05) is 39.1 Å². The van der Waals surface area contributed by atoms with Crippen LogP contribution in [0.5, 0.6) is 0 Å². The van der Waals surface area contributed by atoms with Gasteiger partial charge in [0, 0.05) is 15.7 Å². The third kappa shape index (κ3) is 3.45. The summed E-state index contributed by atoms with van der Waals surface area (Å²) < 4.78 is 0.890. The van der Waals surface area contributed by atoms with Gasteiger partial charge in [0.1, 0.15) is 0 Å². The van der Waals surface area contributed by atoms with Crippen LogP contribution in [0.1, 0.15) is 15.9 Å². The molecule has 0 heterocycles. The van der Waals surface area contributed by atoms with Gasteiger partial charge in [0.25, 0.3) is 5.91 Å². The van der Waals surface area contributed by atoms with Crippen molar-refractivity contribution in [2.75, 3.05) is 11.1 Å². The summed E-state index contributed by atoms with van der Waals surface area (Å²) in [5.41, 5.74) is 8.04. The SMILES string of the molecule is Cc1cc(Br)cc(NC(=O)c2cc(N)c(Cl)c(Cl)c2)c1. The van der Waals surface area contributed by atoms with Crippen LogP contribution >= 0.6 is 39.1 Å². The zero-order valence-electron chi connectivity index (χ0n) is 10.5. The maximum atomic E-state index is 12.2. The van der Waals surface area contributed by atoms with E-state index < -0.39 is 0 Å². The van der Waals surface area contributed by atoms with E-state index in [4.69, 9.17) is 28.9 Å². The lowest BCUT2D eigenvalue weighted by molar-refractivity contribution is 0.102. The normalized spacial score (nSPS) is 10.4. The van der Waals surface area contributed by atoms with E-state index in [0.717, 1.165) is 10.0 Å². The molecule has 20 heavy (non-hydrogen) atoms. The molecule has 0 aliphatic carbocycles.